The largest absolute Gasteiger partial charge is 0.379 e. The van der Waals surface area contributed by atoms with E-state index in [0.717, 1.165) is 31.1 Å². The lowest BCUT2D eigenvalue weighted by Gasteiger charge is -2.44. The van der Waals surface area contributed by atoms with Gasteiger partial charge in [0.05, 0.1) is 11.1 Å². The summed E-state index contributed by atoms with van der Waals surface area (Å²) in [6, 6.07) is 8.22. The number of amidine groups is 1. The van der Waals surface area contributed by atoms with Gasteiger partial charge in [-0.1, -0.05) is 36.2 Å². The lowest BCUT2D eigenvalue weighted by molar-refractivity contribution is 0.102. The predicted octanol–water partition coefficient (Wildman–Crippen LogP) is 5.32. The maximum Gasteiger partial charge on any atom is 0.258 e. The van der Waals surface area contributed by atoms with Gasteiger partial charge in [-0.3, -0.25) is 9.79 Å². The van der Waals surface area contributed by atoms with E-state index in [1.807, 2.05) is 0 Å². The van der Waals surface area contributed by atoms with Crippen molar-refractivity contribution in [3.8, 4) is 0 Å². The molecular weight excluding hydrogens is 416 g/mol. The molecule has 2 aromatic carbocycles. The molecule has 3 N–H and O–H groups in total. The monoisotopic (exact) mass is 435 g/mol. The molecule has 1 aliphatic heterocycles. The number of halogens is 3. The summed E-state index contributed by atoms with van der Waals surface area (Å²) in [5.74, 6) is -0.748. The van der Waals surface area contributed by atoms with Gasteiger partial charge in [0.25, 0.3) is 5.91 Å². The maximum atomic E-state index is 14.9. The SMILES string of the molecule is NC1=N[C@@]2(c3cc(NC(=O)c4ccc(Cl)cc4F)ccc3F)CCCC[C@H]2CS1. The lowest BCUT2D eigenvalue weighted by Crippen LogP contribution is -2.43. The third kappa shape index (κ3) is 3.85. The van der Waals surface area contributed by atoms with Crippen LogP contribution in [0, 0.1) is 17.6 Å². The summed E-state index contributed by atoms with van der Waals surface area (Å²) in [6.07, 6.45) is 3.68. The van der Waals surface area contributed by atoms with Crippen molar-refractivity contribution < 1.29 is 13.6 Å². The number of carbonyl (C=O) groups is 1. The first-order valence-corrected chi connectivity index (χ1v) is 10.8. The molecule has 152 valence electrons. The molecule has 0 spiro atoms. The van der Waals surface area contributed by atoms with Crippen molar-refractivity contribution in [3.63, 3.8) is 0 Å². The smallest absolute Gasteiger partial charge is 0.258 e. The Morgan fingerprint density at radius 1 is 1.21 bits per heavy atom. The molecule has 0 saturated heterocycles. The minimum atomic E-state index is -0.718. The van der Waals surface area contributed by atoms with Crippen LogP contribution in [0.25, 0.3) is 0 Å². The molecule has 1 saturated carbocycles. The normalized spacial score (nSPS) is 23.8. The highest BCUT2D eigenvalue weighted by Gasteiger charge is 2.46. The number of nitrogens with zero attached hydrogens (tertiary/aromatic N) is 1. The van der Waals surface area contributed by atoms with Crippen LogP contribution in [0.4, 0.5) is 14.5 Å². The van der Waals surface area contributed by atoms with Gasteiger partial charge in [-0.15, -0.1) is 0 Å². The number of nitrogens with one attached hydrogen (secondary N) is 1. The second kappa shape index (κ2) is 7.95. The number of aliphatic imine (C=N–C) groups is 1. The molecule has 0 aromatic heterocycles. The van der Waals surface area contributed by atoms with E-state index < -0.39 is 17.3 Å². The number of benzene rings is 2. The Bertz CT molecular complexity index is 1000. The first-order valence-electron chi connectivity index (χ1n) is 9.43. The highest BCUT2D eigenvalue weighted by atomic mass is 35.5. The van der Waals surface area contributed by atoms with E-state index in [4.69, 9.17) is 22.3 Å². The number of fused-ring (bicyclic) bond motifs is 1. The van der Waals surface area contributed by atoms with Crippen molar-refractivity contribution >= 4 is 40.1 Å². The number of anilines is 1. The topological polar surface area (TPSA) is 67.5 Å². The predicted molar refractivity (Wildman–Crippen MR) is 113 cm³/mol. The number of thioether (sulfide) groups is 1. The molecule has 2 atom stereocenters. The molecule has 0 bridgehead atoms. The molecule has 8 heteroatoms. The third-order valence-corrected chi connectivity index (χ3v) is 6.84. The molecule has 2 aliphatic rings. The summed E-state index contributed by atoms with van der Waals surface area (Å²) in [4.78, 5) is 17.2. The molecule has 1 amide bonds. The summed E-state index contributed by atoms with van der Waals surface area (Å²) in [5.41, 5.74) is 5.97. The number of amides is 1. The Morgan fingerprint density at radius 2 is 2.03 bits per heavy atom. The number of hydrogen-bond donors (Lipinski definition) is 2. The maximum absolute atomic E-state index is 14.9. The summed E-state index contributed by atoms with van der Waals surface area (Å²) in [6.45, 7) is 0. The molecule has 29 heavy (non-hydrogen) atoms. The van der Waals surface area contributed by atoms with Gasteiger partial charge in [0.1, 0.15) is 11.6 Å². The van der Waals surface area contributed by atoms with E-state index in [9.17, 15) is 13.6 Å². The first kappa shape index (κ1) is 20.2. The van der Waals surface area contributed by atoms with Crippen molar-refractivity contribution in [2.75, 3.05) is 11.1 Å². The fourth-order valence-corrected chi connectivity index (χ4v) is 5.43. The fourth-order valence-electron chi connectivity index (χ4n) is 4.23. The molecular formula is C21H20ClF2N3OS. The zero-order valence-electron chi connectivity index (χ0n) is 15.6. The third-order valence-electron chi connectivity index (χ3n) is 5.64. The van der Waals surface area contributed by atoms with Crippen LogP contribution < -0.4 is 11.1 Å². The van der Waals surface area contributed by atoms with Crippen molar-refractivity contribution in [1.82, 2.24) is 0 Å². The van der Waals surface area contributed by atoms with Crippen molar-refractivity contribution in [2.45, 2.75) is 31.2 Å². The van der Waals surface area contributed by atoms with Gasteiger partial charge in [-0.05, 0) is 55.2 Å². The Hall–Kier alpha value is -2.12. The molecule has 1 fully saturated rings. The summed E-state index contributed by atoms with van der Waals surface area (Å²) in [7, 11) is 0. The lowest BCUT2D eigenvalue weighted by atomic mass is 9.69. The van der Waals surface area contributed by atoms with Crippen molar-refractivity contribution in [1.29, 1.82) is 0 Å². The molecule has 0 radical (unpaired) electrons. The average molecular weight is 436 g/mol. The highest BCUT2D eigenvalue weighted by Crippen LogP contribution is 2.50. The van der Waals surface area contributed by atoms with Gasteiger partial charge in [-0.2, -0.15) is 0 Å². The van der Waals surface area contributed by atoms with Crippen molar-refractivity contribution in [2.24, 2.45) is 16.6 Å². The van der Waals surface area contributed by atoms with E-state index in [-0.39, 0.29) is 22.3 Å². The molecule has 0 unspecified atom stereocenters. The highest BCUT2D eigenvalue weighted by molar-refractivity contribution is 8.13. The first-order chi connectivity index (χ1) is 13.9. The van der Waals surface area contributed by atoms with Crippen LogP contribution in [0.1, 0.15) is 41.6 Å². The number of nitrogens with two attached hydrogens (primary N) is 1. The van der Waals surface area contributed by atoms with Gasteiger partial charge in [-0.25, -0.2) is 8.78 Å². The Morgan fingerprint density at radius 3 is 2.83 bits per heavy atom. The second-order valence-corrected chi connectivity index (χ2v) is 8.88. The van der Waals surface area contributed by atoms with Crippen LogP contribution >= 0.6 is 23.4 Å². The van der Waals surface area contributed by atoms with Crippen LogP contribution in [0.5, 0.6) is 0 Å². The van der Waals surface area contributed by atoms with Gasteiger partial charge >= 0.3 is 0 Å². The molecule has 1 aliphatic carbocycles. The van der Waals surface area contributed by atoms with E-state index in [0.29, 0.717) is 22.8 Å². The molecule has 4 rings (SSSR count). The van der Waals surface area contributed by atoms with Crippen LogP contribution in [0.3, 0.4) is 0 Å². The summed E-state index contributed by atoms with van der Waals surface area (Å²) in [5, 5.41) is 3.32. The van der Waals surface area contributed by atoms with Crippen LogP contribution in [-0.2, 0) is 5.54 Å². The Kier molecular flexibility index (Phi) is 5.53. The minimum Gasteiger partial charge on any atom is -0.379 e. The second-order valence-electron chi connectivity index (χ2n) is 7.40. The van der Waals surface area contributed by atoms with Gasteiger partial charge in [0.15, 0.2) is 5.17 Å². The van der Waals surface area contributed by atoms with Crippen LogP contribution in [-0.4, -0.2) is 16.8 Å². The molecule has 4 nitrogen and oxygen atoms in total. The van der Waals surface area contributed by atoms with E-state index in [2.05, 4.69) is 5.32 Å². The van der Waals surface area contributed by atoms with Crippen LogP contribution in [0.15, 0.2) is 41.4 Å². The van der Waals surface area contributed by atoms with E-state index >= 15 is 0 Å². The quantitative estimate of drug-likeness (QED) is 0.685. The van der Waals surface area contributed by atoms with Crippen molar-refractivity contribution in [3.05, 3.63) is 64.2 Å². The summed E-state index contributed by atoms with van der Waals surface area (Å²) < 4.78 is 29.0. The van der Waals surface area contributed by atoms with Crippen LogP contribution in [0.2, 0.25) is 5.02 Å². The van der Waals surface area contributed by atoms with E-state index in [1.54, 1.807) is 6.07 Å². The zero-order chi connectivity index (χ0) is 20.6. The van der Waals surface area contributed by atoms with E-state index in [1.165, 1.54) is 36.0 Å². The number of carbonyl (C=O) groups excluding carboxylic acids is 1. The van der Waals surface area contributed by atoms with Gasteiger partial charge < -0.3 is 11.1 Å². The standard InChI is InChI=1S/C21H20ClF2N3OS/c22-13-4-6-15(18(24)9-13)19(28)26-14-5-7-17(23)16(10-14)21-8-2-1-3-12(21)11-29-20(25)27-21/h4-7,9-10,12H,1-3,8,11H2,(H2,25,27)(H,26,28)/t12-,21-/m0/s1. The van der Waals surface area contributed by atoms with Gasteiger partial charge in [0, 0.05) is 22.0 Å². The molecule has 2 aromatic rings. The number of rotatable bonds is 3. The van der Waals surface area contributed by atoms with Gasteiger partial charge in [0.2, 0.25) is 0 Å². The fraction of sp³-hybridized carbons (Fsp3) is 0.333. The zero-order valence-corrected chi connectivity index (χ0v) is 17.1. The summed E-state index contributed by atoms with van der Waals surface area (Å²) >= 11 is 7.25. The average Bonchev–Trinajstić information content (AvgIpc) is 2.69. The minimum absolute atomic E-state index is 0.134. The Labute approximate surface area is 176 Å². The number of hydrogen-bond acceptors (Lipinski definition) is 4. The molecule has 1 heterocycles. The Balaban J connectivity index is 1.69.